The average Bonchev–Trinajstić information content (AvgIpc) is 3.04. The maximum Gasteiger partial charge on any atom is 0.166 e. The van der Waals surface area contributed by atoms with Gasteiger partial charge in [0.1, 0.15) is 20.5 Å². The number of thiophene rings is 1. The van der Waals surface area contributed by atoms with Crippen molar-refractivity contribution in [1.29, 1.82) is 0 Å². The number of hydrogen-bond acceptors (Lipinski definition) is 7. The number of nitrogens with zero attached hydrogens (tertiary/aromatic N) is 4. The topological polar surface area (TPSA) is 83.8 Å². The Morgan fingerprint density at radius 2 is 1.66 bits per heavy atom. The van der Waals surface area contributed by atoms with E-state index in [0.29, 0.717) is 0 Å². The fourth-order valence-corrected chi connectivity index (χ4v) is 4.57. The van der Waals surface area contributed by atoms with E-state index in [2.05, 4.69) is 48.3 Å². The maximum atomic E-state index is 10.2. The van der Waals surface area contributed by atoms with Gasteiger partial charge in [0.2, 0.25) is 0 Å². The van der Waals surface area contributed by atoms with Gasteiger partial charge in [-0.05, 0) is 44.4 Å². The minimum Gasteiger partial charge on any atom is -0.386 e. The van der Waals surface area contributed by atoms with Crippen LogP contribution in [0.2, 0.25) is 0 Å². The molecule has 0 spiro atoms. The van der Waals surface area contributed by atoms with E-state index >= 15 is 0 Å². The number of rotatable bonds is 4. The molecule has 1 aromatic carbocycles. The lowest BCUT2D eigenvalue weighted by atomic mass is 9.58. The summed E-state index contributed by atoms with van der Waals surface area (Å²) in [6.07, 6.45) is 1.80. The van der Waals surface area contributed by atoms with E-state index in [4.69, 9.17) is 0 Å². The van der Waals surface area contributed by atoms with E-state index in [1.165, 1.54) is 0 Å². The van der Waals surface area contributed by atoms with Crippen LogP contribution >= 0.6 is 11.3 Å². The zero-order valence-corrected chi connectivity index (χ0v) is 18.3. The van der Waals surface area contributed by atoms with Crippen LogP contribution < -0.4 is 5.32 Å². The molecule has 29 heavy (non-hydrogen) atoms. The van der Waals surface area contributed by atoms with Crippen LogP contribution in [0.4, 0.5) is 5.82 Å². The van der Waals surface area contributed by atoms with Crippen LogP contribution in [0.15, 0.2) is 30.5 Å². The minimum atomic E-state index is -0.860. The van der Waals surface area contributed by atoms with Crippen LogP contribution in [0, 0.1) is 13.8 Å². The highest BCUT2D eigenvalue weighted by Gasteiger charge is 2.25. The zero-order chi connectivity index (χ0) is 21.0. The molecule has 3 aromatic heterocycles. The van der Waals surface area contributed by atoms with Gasteiger partial charge in [-0.15, -0.1) is 21.5 Å². The van der Waals surface area contributed by atoms with E-state index in [0.717, 1.165) is 48.5 Å². The summed E-state index contributed by atoms with van der Waals surface area (Å²) in [6.45, 7) is 7.62. The Labute approximate surface area is 175 Å². The molecule has 0 aliphatic rings. The quantitative estimate of drug-likeness (QED) is 0.507. The Bertz CT molecular complexity index is 1220. The second kappa shape index (κ2) is 6.78. The summed E-state index contributed by atoms with van der Waals surface area (Å²) >= 11 is 1.58. The summed E-state index contributed by atoms with van der Waals surface area (Å²) in [6, 6.07) is 8.01. The number of benzene rings is 1. The molecule has 0 fully saturated rings. The fraction of sp³-hybridized carbons (Fsp3) is 0.300. The molecule has 0 unspecified atom stereocenters. The third-order valence-corrected chi connectivity index (χ3v) is 6.54. The van der Waals surface area contributed by atoms with Crippen LogP contribution in [-0.4, -0.2) is 41.2 Å². The molecule has 0 amide bonds. The second-order valence-electron chi connectivity index (χ2n) is 8.51. The van der Waals surface area contributed by atoms with Gasteiger partial charge in [0.25, 0.3) is 0 Å². The van der Waals surface area contributed by atoms with Gasteiger partial charge >= 0.3 is 0 Å². The van der Waals surface area contributed by atoms with Crippen LogP contribution in [0.3, 0.4) is 0 Å². The third-order valence-electron chi connectivity index (χ3n) is 5.44. The summed E-state index contributed by atoms with van der Waals surface area (Å²) in [5, 5.41) is 32.8. The van der Waals surface area contributed by atoms with Crippen molar-refractivity contribution in [2.75, 3.05) is 5.32 Å². The Morgan fingerprint density at radius 1 is 1.00 bits per heavy atom. The van der Waals surface area contributed by atoms with Crippen molar-refractivity contribution >= 4 is 53.1 Å². The molecule has 0 radical (unpaired) electrons. The van der Waals surface area contributed by atoms with E-state index in [1.54, 1.807) is 31.4 Å². The van der Waals surface area contributed by atoms with Crippen molar-refractivity contribution in [3.8, 4) is 0 Å². The Kier molecular flexibility index (Phi) is 4.63. The van der Waals surface area contributed by atoms with Gasteiger partial charge in [0.15, 0.2) is 5.82 Å². The lowest BCUT2D eigenvalue weighted by Crippen LogP contribution is -2.37. The summed E-state index contributed by atoms with van der Waals surface area (Å²) < 4.78 is 1.03. The van der Waals surface area contributed by atoms with Crippen molar-refractivity contribution in [3.63, 3.8) is 0 Å². The number of anilines is 1. The molecule has 0 aliphatic heterocycles. The predicted molar refractivity (Wildman–Crippen MR) is 124 cm³/mol. The molecule has 3 heterocycles. The summed E-state index contributed by atoms with van der Waals surface area (Å²) in [4.78, 5) is 0.897. The highest BCUT2D eigenvalue weighted by atomic mass is 32.1. The molecule has 2 N–H and O–H groups in total. The van der Waals surface area contributed by atoms with Gasteiger partial charge in [0.05, 0.1) is 22.2 Å². The largest absolute Gasteiger partial charge is 0.386 e. The first-order valence-corrected chi connectivity index (χ1v) is 10.4. The van der Waals surface area contributed by atoms with Crippen LogP contribution in [-0.2, 0) is 10.9 Å². The van der Waals surface area contributed by atoms with Gasteiger partial charge in [-0.1, -0.05) is 24.3 Å². The molecule has 6 nitrogen and oxygen atoms in total. The molecule has 4 aromatic rings. The number of hydrogen-bond donors (Lipinski definition) is 2. The molecule has 0 saturated heterocycles. The monoisotopic (exact) mass is 403 g/mol. The number of aliphatic hydroxyl groups is 1. The van der Waals surface area contributed by atoms with E-state index in [9.17, 15) is 5.11 Å². The SMILES string of the molecule is BC(B)(Nc1nncc2c1sc1nnc(C)c(C)c12)c1ccc(C(C)(C)O)cc1. The predicted octanol–water partition coefficient (Wildman–Crippen LogP) is 1.97. The van der Waals surface area contributed by atoms with Crippen molar-refractivity contribution in [2.24, 2.45) is 0 Å². The number of aryl methyl sites for hydroxylation is 2. The number of aromatic nitrogens is 4. The first-order valence-electron chi connectivity index (χ1n) is 9.57. The lowest BCUT2D eigenvalue weighted by Gasteiger charge is -2.29. The fourth-order valence-electron chi connectivity index (χ4n) is 3.47. The van der Waals surface area contributed by atoms with E-state index < -0.39 is 5.60 Å². The second-order valence-corrected chi connectivity index (χ2v) is 9.51. The van der Waals surface area contributed by atoms with Crippen LogP contribution in [0.1, 0.15) is 36.2 Å². The molecule has 0 bridgehead atoms. The van der Waals surface area contributed by atoms with Crippen LogP contribution in [0.25, 0.3) is 20.3 Å². The average molecular weight is 403 g/mol. The smallest absolute Gasteiger partial charge is 0.166 e. The molecule has 146 valence electrons. The van der Waals surface area contributed by atoms with Crippen molar-refractivity contribution in [2.45, 2.75) is 38.6 Å². The summed E-state index contributed by atoms with van der Waals surface area (Å²) in [7, 11) is 4.21. The first-order chi connectivity index (χ1) is 13.6. The van der Waals surface area contributed by atoms with E-state index in [-0.39, 0.29) is 5.34 Å². The Morgan fingerprint density at radius 3 is 2.31 bits per heavy atom. The third kappa shape index (κ3) is 3.49. The van der Waals surface area contributed by atoms with Crippen molar-refractivity contribution < 1.29 is 5.11 Å². The number of fused-ring (bicyclic) bond motifs is 3. The van der Waals surface area contributed by atoms with Crippen LogP contribution in [0.5, 0.6) is 0 Å². The first kappa shape index (κ1) is 19.8. The highest BCUT2D eigenvalue weighted by molar-refractivity contribution is 7.26. The molecule has 0 saturated carbocycles. The van der Waals surface area contributed by atoms with Crippen molar-refractivity contribution in [1.82, 2.24) is 20.4 Å². The number of nitrogens with one attached hydrogen (secondary N) is 1. The standard InChI is InChI=1S/C20H23B2N5OS/c1-10-11(2)25-27-18-15(10)14-9-23-26-17(16(14)29-18)24-20(21,22)13-7-5-12(6-8-13)19(3,4)28/h5-9,28H,21-22H2,1-4H3,(H,24,26). The lowest BCUT2D eigenvalue weighted by molar-refractivity contribution is 0.0786. The van der Waals surface area contributed by atoms with Gasteiger partial charge in [0, 0.05) is 16.1 Å². The van der Waals surface area contributed by atoms with Gasteiger partial charge < -0.3 is 10.4 Å². The highest BCUT2D eigenvalue weighted by Crippen LogP contribution is 2.38. The zero-order valence-electron chi connectivity index (χ0n) is 17.5. The Balaban J connectivity index is 1.76. The molecule has 0 atom stereocenters. The summed E-state index contributed by atoms with van der Waals surface area (Å²) in [5.41, 5.74) is 3.17. The minimum absolute atomic E-state index is 0.381. The Hall–Kier alpha value is -2.51. The molecule has 4 rings (SSSR count). The summed E-state index contributed by atoms with van der Waals surface area (Å²) in [5.74, 6) is 0.735. The molecular weight excluding hydrogens is 380 g/mol. The van der Waals surface area contributed by atoms with E-state index in [1.807, 2.05) is 31.2 Å². The van der Waals surface area contributed by atoms with Crippen molar-refractivity contribution in [3.05, 3.63) is 52.8 Å². The normalized spacial score (nSPS) is 12.6. The van der Waals surface area contributed by atoms with Gasteiger partial charge in [-0.2, -0.15) is 10.2 Å². The maximum absolute atomic E-state index is 10.2. The van der Waals surface area contributed by atoms with Gasteiger partial charge in [-0.3, -0.25) is 0 Å². The molecular formula is C20H23B2N5OS. The molecule has 9 heteroatoms. The van der Waals surface area contributed by atoms with Gasteiger partial charge in [-0.25, -0.2) is 0 Å². The molecule has 0 aliphatic carbocycles.